The zero-order chi connectivity index (χ0) is 24.2. The summed E-state index contributed by atoms with van der Waals surface area (Å²) in [6.07, 6.45) is 3.33. The lowest BCUT2D eigenvalue weighted by Gasteiger charge is -2.51. The van der Waals surface area contributed by atoms with Crippen molar-refractivity contribution in [2.45, 2.75) is 58.0 Å². The third-order valence-corrected chi connectivity index (χ3v) is 6.95. The van der Waals surface area contributed by atoms with Crippen LogP contribution >= 0.6 is 23.2 Å². The molecule has 1 fully saturated rings. The molecular weight excluding hydrogens is 457 g/mol. The maximum Gasteiger partial charge on any atom is 0.328 e. The van der Waals surface area contributed by atoms with Crippen molar-refractivity contribution >= 4 is 35.1 Å². The number of ether oxygens (including phenoxy) is 1. The van der Waals surface area contributed by atoms with E-state index < -0.39 is 11.5 Å². The SMILES string of the molecule is C=CC[C@]1(C)C[C@H](c2cccc(Cl)c2)[C@@H](c2ccc(Cl)cc2)N([C@@H](CC)C(=O)OCC)C1=O. The number of rotatable bonds is 8. The van der Waals surface area contributed by atoms with Gasteiger partial charge in [-0.3, -0.25) is 4.79 Å². The van der Waals surface area contributed by atoms with E-state index in [0.717, 1.165) is 11.1 Å². The predicted molar refractivity (Wildman–Crippen MR) is 133 cm³/mol. The smallest absolute Gasteiger partial charge is 0.328 e. The van der Waals surface area contributed by atoms with Gasteiger partial charge < -0.3 is 9.64 Å². The molecule has 1 saturated heterocycles. The van der Waals surface area contributed by atoms with Crippen molar-refractivity contribution in [3.63, 3.8) is 0 Å². The van der Waals surface area contributed by atoms with Crippen molar-refractivity contribution < 1.29 is 14.3 Å². The molecule has 3 rings (SSSR count). The summed E-state index contributed by atoms with van der Waals surface area (Å²) in [7, 11) is 0. The molecule has 4 nitrogen and oxygen atoms in total. The third kappa shape index (κ3) is 5.28. The van der Waals surface area contributed by atoms with Crippen LogP contribution < -0.4 is 0 Å². The lowest BCUT2D eigenvalue weighted by molar-refractivity contribution is -0.166. The van der Waals surface area contributed by atoms with Crippen LogP contribution in [0.15, 0.2) is 61.2 Å². The van der Waals surface area contributed by atoms with E-state index in [2.05, 4.69) is 6.58 Å². The second kappa shape index (κ2) is 10.8. The largest absolute Gasteiger partial charge is 0.464 e. The van der Waals surface area contributed by atoms with Gasteiger partial charge in [-0.1, -0.05) is 67.4 Å². The van der Waals surface area contributed by atoms with Crippen LogP contribution in [0.5, 0.6) is 0 Å². The molecule has 0 spiro atoms. The van der Waals surface area contributed by atoms with Crippen molar-refractivity contribution in [2.24, 2.45) is 5.41 Å². The van der Waals surface area contributed by atoms with E-state index in [0.29, 0.717) is 29.3 Å². The van der Waals surface area contributed by atoms with Crippen LogP contribution in [-0.2, 0) is 14.3 Å². The van der Waals surface area contributed by atoms with Gasteiger partial charge in [-0.25, -0.2) is 4.79 Å². The Morgan fingerprint density at radius 1 is 1.18 bits per heavy atom. The van der Waals surface area contributed by atoms with Crippen molar-refractivity contribution in [3.05, 3.63) is 82.4 Å². The third-order valence-electron chi connectivity index (χ3n) is 6.47. The molecule has 176 valence electrons. The highest BCUT2D eigenvalue weighted by Gasteiger charge is 2.52. The van der Waals surface area contributed by atoms with E-state index in [9.17, 15) is 9.59 Å². The predicted octanol–water partition coefficient (Wildman–Crippen LogP) is 6.97. The van der Waals surface area contributed by atoms with Gasteiger partial charge in [0.2, 0.25) is 5.91 Å². The lowest BCUT2D eigenvalue weighted by atomic mass is 9.67. The molecule has 1 heterocycles. The fourth-order valence-electron chi connectivity index (χ4n) is 4.95. The number of hydrogen-bond donors (Lipinski definition) is 0. The number of likely N-dealkylation sites (tertiary alicyclic amines) is 1. The van der Waals surface area contributed by atoms with Crippen molar-refractivity contribution in [3.8, 4) is 0 Å². The van der Waals surface area contributed by atoms with Crippen LogP contribution in [-0.4, -0.2) is 29.4 Å². The summed E-state index contributed by atoms with van der Waals surface area (Å²) in [6.45, 7) is 9.78. The average Bonchev–Trinajstić information content (AvgIpc) is 2.78. The number of nitrogens with zero attached hydrogens (tertiary/aromatic N) is 1. The van der Waals surface area contributed by atoms with Gasteiger partial charge in [-0.2, -0.15) is 0 Å². The second-order valence-corrected chi connectivity index (χ2v) is 9.68. The van der Waals surface area contributed by atoms with E-state index in [4.69, 9.17) is 27.9 Å². The van der Waals surface area contributed by atoms with E-state index >= 15 is 0 Å². The zero-order valence-electron chi connectivity index (χ0n) is 19.4. The minimum absolute atomic E-state index is 0.0690. The Morgan fingerprint density at radius 3 is 2.45 bits per heavy atom. The first-order valence-corrected chi connectivity index (χ1v) is 12.1. The van der Waals surface area contributed by atoms with Gasteiger partial charge in [-0.05, 0) is 61.6 Å². The molecule has 33 heavy (non-hydrogen) atoms. The summed E-state index contributed by atoms with van der Waals surface area (Å²) < 4.78 is 5.39. The van der Waals surface area contributed by atoms with E-state index in [1.165, 1.54) is 0 Å². The van der Waals surface area contributed by atoms with Gasteiger partial charge in [0.05, 0.1) is 18.1 Å². The molecule has 0 aromatic heterocycles. The molecule has 0 aliphatic carbocycles. The zero-order valence-corrected chi connectivity index (χ0v) is 20.9. The maximum atomic E-state index is 14.1. The number of allylic oxidation sites excluding steroid dienone is 1. The monoisotopic (exact) mass is 487 g/mol. The van der Waals surface area contributed by atoms with E-state index in [1.54, 1.807) is 17.9 Å². The normalized spacial score (nSPS) is 23.8. The summed E-state index contributed by atoms with van der Waals surface area (Å²) in [5.74, 6) is -0.545. The summed E-state index contributed by atoms with van der Waals surface area (Å²) in [4.78, 5) is 28.8. The van der Waals surface area contributed by atoms with Gasteiger partial charge >= 0.3 is 5.97 Å². The molecule has 0 unspecified atom stereocenters. The standard InChI is InChI=1S/C27H31Cl2NO3/c1-5-15-27(4)17-22(19-9-8-10-21(29)16-19)24(18-11-13-20(28)14-12-18)30(26(27)32)23(6-2)25(31)33-7-3/h5,8-14,16,22-24H,1,6-7,15,17H2,2-4H3/t22-,23+,24-,27-/m1/s1. The highest BCUT2D eigenvalue weighted by molar-refractivity contribution is 6.30. The number of carbonyl (C=O) groups excluding carboxylic acids is 2. The van der Waals surface area contributed by atoms with Crippen LogP contribution in [0.25, 0.3) is 0 Å². The fraction of sp³-hybridized carbons (Fsp3) is 0.407. The first-order valence-electron chi connectivity index (χ1n) is 11.4. The van der Waals surface area contributed by atoms with Gasteiger partial charge in [0.25, 0.3) is 0 Å². The summed E-state index contributed by atoms with van der Waals surface area (Å²) >= 11 is 12.5. The number of amides is 1. The highest BCUT2D eigenvalue weighted by Crippen LogP contribution is 2.52. The van der Waals surface area contributed by atoms with E-state index in [-0.39, 0.29) is 30.4 Å². The molecule has 1 aliphatic rings. The molecule has 2 aromatic carbocycles. The average molecular weight is 488 g/mol. The topological polar surface area (TPSA) is 46.6 Å². The minimum Gasteiger partial charge on any atom is -0.464 e. The first kappa shape index (κ1) is 25.3. The molecule has 4 atom stereocenters. The molecule has 0 radical (unpaired) electrons. The molecule has 1 amide bonds. The number of halogens is 2. The fourth-order valence-corrected chi connectivity index (χ4v) is 5.27. The van der Waals surface area contributed by atoms with Crippen LogP contribution in [0.1, 0.15) is 63.1 Å². The lowest BCUT2D eigenvalue weighted by Crippen LogP contribution is -2.57. The molecule has 0 saturated carbocycles. The van der Waals surface area contributed by atoms with Crippen LogP contribution in [0.3, 0.4) is 0 Å². The van der Waals surface area contributed by atoms with Gasteiger partial charge in [0.15, 0.2) is 0 Å². The first-order chi connectivity index (χ1) is 15.8. The Morgan fingerprint density at radius 2 is 1.88 bits per heavy atom. The van der Waals surface area contributed by atoms with Crippen molar-refractivity contribution in [1.82, 2.24) is 4.90 Å². The summed E-state index contributed by atoms with van der Waals surface area (Å²) in [5.41, 5.74) is 1.23. The molecular formula is C27H31Cl2NO3. The van der Waals surface area contributed by atoms with Crippen LogP contribution in [0, 0.1) is 5.41 Å². The van der Waals surface area contributed by atoms with Gasteiger partial charge in [0, 0.05) is 16.0 Å². The minimum atomic E-state index is -0.711. The Bertz CT molecular complexity index is 1010. The molecule has 0 N–H and O–H groups in total. The van der Waals surface area contributed by atoms with Crippen molar-refractivity contribution in [2.75, 3.05) is 6.61 Å². The number of piperidine rings is 1. The Balaban J connectivity index is 2.24. The quantitative estimate of drug-likeness (QED) is 0.298. The molecule has 6 heteroatoms. The number of benzene rings is 2. The van der Waals surface area contributed by atoms with Gasteiger partial charge in [-0.15, -0.1) is 6.58 Å². The molecule has 1 aliphatic heterocycles. The molecule has 2 aromatic rings. The number of carbonyl (C=O) groups is 2. The van der Waals surface area contributed by atoms with E-state index in [1.807, 2.05) is 62.4 Å². The van der Waals surface area contributed by atoms with Crippen LogP contribution in [0.2, 0.25) is 10.0 Å². The Kier molecular flexibility index (Phi) is 8.25. The van der Waals surface area contributed by atoms with Crippen molar-refractivity contribution in [1.29, 1.82) is 0 Å². The summed E-state index contributed by atoms with van der Waals surface area (Å²) in [6, 6.07) is 14.2. The Hall–Kier alpha value is -2.30. The highest BCUT2D eigenvalue weighted by atomic mass is 35.5. The number of esters is 1. The van der Waals surface area contributed by atoms with Crippen LogP contribution in [0.4, 0.5) is 0 Å². The van der Waals surface area contributed by atoms with Gasteiger partial charge in [0.1, 0.15) is 6.04 Å². The Labute approximate surface area is 206 Å². The number of hydrogen-bond acceptors (Lipinski definition) is 3. The second-order valence-electron chi connectivity index (χ2n) is 8.80. The maximum absolute atomic E-state index is 14.1. The summed E-state index contributed by atoms with van der Waals surface area (Å²) in [5, 5.41) is 1.24. The molecule has 0 bridgehead atoms.